The summed E-state index contributed by atoms with van der Waals surface area (Å²) in [4.78, 5) is 2.62. The van der Waals surface area contributed by atoms with E-state index in [2.05, 4.69) is 42.3 Å². The van der Waals surface area contributed by atoms with Gasteiger partial charge in [0.05, 0.1) is 6.04 Å². The van der Waals surface area contributed by atoms with Crippen LogP contribution in [0.25, 0.3) is 11.0 Å². The number of hydrogen-bond acceptors (Lipinski definition) is 3. The van der Waals surface area contributed by atoms with Crippen molar-refractivity contribution in [3.63, 3.8) is 0 Å². The van der Waals surface area contributed by atoms with Crippen LogP contribution in [0.1, 0.15) is 38.5 Å². The Kier molecular flexibility index (Phi) is 4.32. The van der Waals surface area contributed by atoms with Gasteiger partial charge in [-0.15, -0.1) is 0 Å². The Hall–Kier alpha value is -1.32. The maximum Gasteiger partial charge on any atom is 0.134 e. The van der Waals surface area contributed by atoms with Crippen LogP contribution in [-0.2, 0) is 0 Å². The molecule has 0 radical (unpaired) electrons. The van der Waals surface area contributed by atoms with Gasteiger partial charge in [-0.25, -0.2) is 0 Å². The minimum absolute atomic E-state index is 0.261. The third kappa shape index (κ3) is 3.47. The molecule has 3 nitrogen and oxygen atoms in total. The summed E-state index contributed by atoms with van der Waals surface area (Å²) in [5.41, 5.74) is 0.981. The average Bonchev–Trinajstić information content (AvgIpc) is 3.21. The Morgan fingerprint density at radius 1 is 1.24 bits per heavy atom. The summed E-state index contributed by atoms with van der Waals surface area (Å²) in [6, 6.07) is 11.5. The largest absolute Gasteiger partial charge is 0.459 e. The van der Waals surface area contributed by atoms with Gasteiger partial charge in [0.25, 0.3) is 0 Å². The molecule has 3 rings (SSSR count). The second kappa shape index (κ2) is 6.20. The first-order valence-corrected chi connectivity index (χ1v) is 8.07. The van der Waals surface area contributed by atoms with Gasteiger partial charge in [0.15, 0.2) is 0 Å². The maximum absolute atomic E-state index is 6.04. The highest BCUT2D eigenvalue weighted by molar-refractivity contribution is 5.77. The molecule has 3 heteroatoms. The molecule has 114 valence electrons. The van der Waals surface area contributed by atoms with Gasteiger partial charge >= 0.3 is 0 Å². The number of benzene rings is 1. The highest BCUT2D eigenvalue weighted by Crippen LogP contribution is 2.31. The Morgan fingerprint density at radius 2 is 2.00 bits per heavy atom. The number of nitrogens with one attached hydrogen (secondary N) is 1. The van der Waals surface area contributed by atoms with Crippen molar-refractivity contribution < 1.29 is 4.42 Å². The lowest BCUT2D eigenvalue weighted by Gasteiger charge is -2.27. The van der Waals surface area contributed by atoms with E-state index in [9.17, 15) is 0 Å². The zero-order valence-electron chi connectivity index (χ0n) is 13.3. The highest BCUT2D eigenvalue weighted by atomic mass is 16.3. The Morgan fingerprint density at radius 3 is 2.62 bits per heavy atom. The molecule has 1 atom stereocenters. The molecule has 2 aromatic rings. The van der Waals surface area contributed by atoms with E-state index in [1.54, 1.807) is 0 Å². The van der Waals surface area contributed by atoms with Gasteiger partial charge in [-0.05, 0) is 37.9 Å². The number of likely N-dealkylation sites (N-methyl/N-ethyl adjacent to an activating group) is 1. The summed E-state index contributed by atoms with van der Waals surface area (Å²) in [5, 5.41) is 4.62. The van der Waals surface area contributed by atoms with E-state index in [0.717, 1.165) is 23.9 Å². The Balaban J connectivity index is 1.76. The van der Waals surface area contributed by atoms with Crippen molar-refractivity contribution in [2.24, 2.45) is 5.92 Å². The molecule has 0 spiro atoms. The molecule has 0 saturated heterocycles. The number of rotatable bonds is 7. The van der Waals surface area contributed by atoms with E-state index in [1.165, 1.54) is 24.8 Å². The molecule has 21 heavy (non-hydrogen) atoms. The van der Waals surface area contributed by atoms with Gasteiger partial charge in [0.2, 0.25) is 0 Å². The van der Waals surface area contributed by atoms with Crippen LogP contribution in [0, 0.1) is 5.92 Å². The zero-order chi connectivity index (χ0) is 14.8. The van der Waals surface area contributed by atoms with E-state index in [-0.39, 0.29) is 6.04 Å². The number of para-hydroxylation sites is 1. The molecule has 1 fully saturated rings. The molecular formula is C18H26N2O. The van der Waals surface area contributed by atoms with Crippen molar-refractivity contribution in [2.45, 2.75) is 38.8 Å². The number of fused-ring (bicyclic) bond motifs is 1. The molecule has 0 amide bonds. The predicted molar refractivity (Wildman–Crippen MR) is 87.4 cm³/mol. The van der Waals surface area contributed by atoms with E-state index in [0.29, 0.717) is 5.92 Å². The summed E-state index contributed by atoms with van der Waals surface area (Å²) in [6.07, 6.45) is 2.70. The molecule has 1 N–H and O–H groups in total. The van der Waals surface area contributed by atoms with Crippen molar-refractivity contribution in [1.29, 1.82) is 0 Å². The van der Waals surface area contributed by atoms with Crippen molar-refractivity contribution >= 4 is 11.0 Å². The average molecular weight is 286 g/mol. The predicted octanol–water partition coefficient (Wildman–Crippen LogP) is 3.81. The first-order valence-electron chi connectivity index (χ1n) is 8.07. The maximum atomic E-state index is 6.04. The number of furan rings is 1. The van der Waals surface area contributed by atoms with Crippen molar-refractivity contribution in [1.82, 2.24) is 10.2 Å². The summed E-state index contributed by atoms with van der Waals surface area (Å²) in [6.45, 7) is 6.79. The smallest absolute Gasteiger partial charge is 0.134 e. The summed E-state index contributed by atoms with van der Waals surface area (Å²) in [5.74, 6) is 1.76. The summed E-state index contributed by atoms with van der Waals surface area (Å²) < 4.78 is 6.04. The Labute approximate surface area is 127 Å². The summed E-state index contributed by atoms with van der Waals surface area (Å²) >= 11 is 0. The van der Waals surface area contributed by atoms with Gasteiger partial charge < -0.3 is 9.73 Å². The van der Waals surface area contributed by atoms with Gasteiger partial charge in [-0.3, -0.25) is 4.90 Å². The van der Waals surface area contributed by atoms with Crippen LogP contribution in [-0.4, -0.2) is 31.1 Å². The van der Waals surface area contributed by atoms with Crippen LogP contribution in [0.2, 0.25) is 0 Å². The fourth-order valence-electron chi connectivity index (χ4n) is 3.01. The minimum atomic E-state index is 0.261. The number of hydrogen-bond donors (Lipinski definition) is 1. The molecule has 1 saturated carbocycles. The topological polar surface area (TPSA) is 28.4 Å². The minimum Gasteiger partial charge on any atom is -0.459 e. The van der Waals surface area contributed by atoms with Gasteiger partial charge in [-0.1, -0.05) is 32.0 Å². The van der Waals surface area contributed by atoms with Crippen LogP contribution in [0.3, 0.4) is 0 Å². The molecule has 1 aromatic heterocycles. The fourth-order valence-corrected chi connectivity index (χ4v) is 3.01. The molecule has 1 heterocycles. The lowest BCUT2D eigenvalue weighted by molar-refractivity contribution is 0.204. The first-order chi connectivity index (χ1) is 10.2. The van der Waals surface area contributed by atoms with Crippen molar-refractivity contribution in [3.8, 4) is 0 Å². The lowest BCUT2D eigenvalue weighted by atomic mass is 10.1. The van der Waals surface area contributed by atoms with Crippen LogP contribution in [0.4, 0.5) is 0 Å². The van der Waals surface area contributed by atoms with Crippen LogP contribution < -0.4 is 5.32 Å². The lowest BCUT2D eigenvalue weighted by Crippen LogP contribution is -2.37. The van der Waals surface area contributed by atoms with Crippen molar-refractivity contribution in [3.05, 3.63) is 36.1 Å². The highest BCUT2D eigenvalue weighted by Gasteiger charge is 2.31. The second-order valence-corrected chi connectivity index (χ2v) is 6.61. The zero-order valence-corrected chi connectivity index (χ0v) is 13.3. The summed E-state index contributed by atoms with van der Waals surface area (Å²) in [7, 11) is 2.03. The standard InChI is InChI=1S/C18H26N2O/c1-13(2)11-20(15-8-9-15)12-16(19-3)18-10-14-6-4-5-7-17(14)21-18/h4-7,10,13,15-16,19H,8-9,11-12H2,1-3H3. The molecule has 1 aliphatic rings. The molecule has 0 bridgehead atoms. The van der Waals surface area contributed by atoms with E-state index in [1.807, 2.05) is 19.2 Å². The van der Waals surface area contributed by atoms with Gasteiger partial charge in [0, 0.05) is 24.5 Å². The normalized spacial score (nSPS) is 17.0. The third-order valence-electron chi connectivity index (χ3n) is 4.22. The monoisotopic (exact) mass is 286 g/mol. The van der Waals surface area contributed by atoms with Gasteiger partial charge in [0.1, 0.15) is 11.3 Å². The molecule has 1 aromatic carbocycles. The van der Waals surface area contributed by atoms with Crippen molar-refractivity contribution in [2.75, 3.05) is 20.1 Å². The number of nitrogens with zero attached hydrogens (tertiary/aromatic N) is 1. The van der Waals surface area contributed by atoms with Crippen LogP contribution >= 0.6 is 0 Å². The molecule has 1 unspecified atom stereocenters. The second-order valence-electron chi connectivity index (χ2n) is 6.61. The SMILES string of the molecule is CNC(CN(CC(C)C)C1CC1)c1cc2ccccc2o1. The molecule has 1 aliphatic carbocycles. The molecular weight excluding hydrogens is 260 g/mol. The van der Waals surface area contributed by atoms with Crippen LogP contribution in [0.5, 0.6) is 0 Å². The van der Waals surface area contributed by atoms with Crippen LogP contribution in [0.15, 0.2) is 34.7 Å². The van der Waals surface area contributed by atoms with E-state index >= 15 is 0 Å². The molecule has 0 aliphatic heterocycles. The fraction of sp³-hybridized carbons (Fsp3) is 0.556. The quantitative estimate of drug-likeness (QED) is 0.839. The van der Waals surface area contributed by atoms with Gasteiger partial charge in [-0.2, -0.15) is 0 Å². The van der Waals surface area contributed by atoms with E-state index in [4.69, 9.17) is 4.42 Å². The van der Waals surface area contributed by atoms with E-state index < -0.39 is 0 Å². The third-order valence-corrected chi connectivity index (χ3v) is 4.22. The first kappa shape index (κ1) is 14.6. The Bertz CT molecular complexity index is 553.